The topological polar surface area (TPSA) is 179 Å². The van der Waals surface area contributed by atoms with Gasteiger partial charge in [0, 0.05) is 29.7 Å². The molecule has 13 heteroatoms. The van der Waals surface area contributed by atoms with Gasteiger partial charge in [-0.2, -0.15) is 5.10 Å². The van der Waals surface area contributed by atoms with Crippen LogP contribution in [-0.2, 0) is 6.42 Å². The largest absolute Gasteiger partial charge is 0.455 e. The van der Waals surface area contributed by atoms with E-state index >= 15 is 0 Å². The Labute approximate surface area is 185 Å². The summed E-state index contributed by atoms with van der Waals surface area (Å²) in [6.07, 6.45) is 1.85. The highest BCUT2D eigenvalue weighted by molar-refractivity contribution is 6.09. The van der Waals surface area contributed by atoms with Crippen LogP contribution < -0.4 is 10.7 Å². The number of nitrogens with zero attached hydrogens (tertiary/aromatic N) is 4. The molecule has 13 nitrogen and oxygen atoms in total. The second-order valence-electron chi connectivity index (χ2n) is 7.37. The fourth-order valence-corrected chi connectivity index (χ4v) is 3.60. The van der Waals surface area contributed by atoms with Gasteiger partial charge in [-0.15, -0.1) is 0 Å². The highest BCUT2D eigenvalue weighted by atomic mass is 16.6. The van der Waals surface area contributed by atoms with Gasteiger partial charge in [-0.25, -0.2) is 0 Å². The average Bonchev–Trinajstić information content (AvgIpc) is 3.34. The monoisotopic (exact) mass is 454 g/mol. The van der Waals surface area contributed by atoms with Crippen LogP contribution in [0.3, 0.4) is 0 Å². The van der Waals surface area contributed by atoms with E-state index in [0.29, 0.717) is 47.6 Å². The Morgan fingerprint density at radius 2 is 1.94 bits per heavy atom. The van der Waals surface area contributed by atoms with Crippen molar-refractivity contribution >= 4 is 34.5 Å². The van der Waals surface area contributed by atoms with E-state index in [1.807, 2.05) is 0 Å². The maximum Gasteiger partial charge on any atom is 0.301 e. The number of hydrogen-bond acceptors (Lipinski definition) is 10. The molecular weight excluding hydrogens is 436 g/mol. The number of aryl methyl sites for hydroxylation is 2. The normalized spacial score (nSPS) is 14.1. The number of amides is 1. The number of aromatic nitrogens is 1. The number of nitro benzene ring substituents is 2. The second kappa shape index (κ2) is 8.53. The van der Waals surface area contributed by atoms with E-state index in [0.717, 1.165) is 12.1 Å². The summed E-state index contributed by atoms with van der Waals surface area (Å²) in [5.74, 6) is 0.998. The zero-order valence-electron chi connectivity index (χ0n) is 17.6. The first kappa shape index (κ1) is 21.7. The minimum atomic E-state index is -0.723. The molecule has 3 aromatic rings. The Hall–Kier alpha value is -4.55. The van der Waals surface area contributed by atoms with E-state index < -0.39 is 27.1 Å². The van der Waals surface area contributed by atoms with Crippen molar-refractivity contribution in [2.24, 2.45) is 5.10 Å². The molecule has 1 aromatic carbocycles. The minimum absolute atomic E-state index is 0.00531. The van der Waals surface area contributed by atoms with Crippen LogP contribution >= 0.6 is 0 Å². The van der Waals surface area contributed by atoms with Crippen molar-refractivity contribution in [3.8, 4) is 0 Å². The maximum atomic E-state index is 12.7. The Bertz CT molecular complexity index is 1310. The summed E-state index contributed by atoms with van der Waals surface area (Å²) < 4.78 is 10.7. The first-order valence-electron chi connectivity index (χ1n) is 9.87. The molecule has 2 aromatic heterocycles. The van der Waals surface area contributed by atoms with Crippen LogP contribution in [0.25, 0.3) is 0 Å². The summed E-state index contributed by atoms with van der Waals surface area (Å²) in [7, 11) is 0. The number of carbonyl (C=O) groups excluding carboxylic acids is 1. The fourth-order valence-electron chi connectivity index (χ4n) is 3.60. The lowest BCUT2D eigenvalue weighted by atomic mass is 9.93. The Morgan fingerprint density at radius 3 is 2.61 bits per heavy atom. The van der Waals surface area contributed by atoms with Crippen LogP contribution in [0, 0.1) is 34.1 Å². The highest BCUT2D eigenvalue weighted by Gasteiger charge is 2.29. The number of anilines is 2. The molecule has 33 heavy (non-hydrogen) atoms. The van der Waals surface area contributed by atoms with Crippen LogP contribution in [-0.4, -0.2) is 26.6 Å². The summed E-state index contributed by atoms with van der Waals surface area (Å²) in [4.78, 5) is 33.5. The molecule has 2 N–H and O–H groups in total. The molecular formula is C20H18N6O7. The highest BCUT2D eigenvalue weighted by Crippen LogP contribution is 2.32. The molecule has 1 aliphatic carbocycles. The second-order valence-corrected chi connectivity index (χ2v) is 7.37. The number of benzene rings is 1. The lowest BCUT2D eigenvalue weighted by Crippen LogP contribution is -2.14. The molecule has 0 radical (unpaired) electrons. The SMILES string of the molecule is Cc1cc(NC(=O)c2oc3c(c2C)/C(=N/Nc2ccc([N+](=O)[O-])cc2[N+](=O)[O-])CCC3)no1. The maximum absolute atomic E-state index is 12.7. The van der Waals surface area contributed by atoms with Crippen molar-refractivity contribution in [2.45, 2.75) is 33.1 Å². The van der Waals surface area contributed by atoms with E-state index in [-0.39, 0.29) is 17.3 Å². The lowest BCUT2D eigenvalue weighted by Gasteiger charge is -2.13. The molecule has 0 saturated heterocycles. The molecule has 0 spiro atoms. The predicted molar refractivity (Wildman–Crippen MR) is 115 cm³/mol. The van der Waals surface area contributed by atoms with E-state index in [2.05, 4.69) is 21.0 Å². The molecule has 0 saturated carbocycles. The molecule has 0 fully saturated rings. The average molecular weight is 454 g/mol. The molecule has 1 aliphatic rings. The minimum Gasteiger partial charge on any atom is -0.455 e. The molecule has 0 atom stereocenters. The predicted octanol–water partition coefficient (Wildman–Crippen LogP) is 4.11. The van der Waals surface area contributed by atoms with Gasteiger partial charge in [-0.3, -0.25) is 30.4 Å². The van der Waals surface area contributed by atoms with Crippen molar-refractivity contribution in [2.75, 3.05) is 10.7 Å². The van der Waals surface area contributed by atoms with Crippen molar-refractivity contribution < 1.29 is 23.6 Å². The number of rotatable bonds is 6. The quantitative estimate of drug-likeness (QED) is 0.409. The van der Waals surface area contributed by atoms with Gasteiger partial charge in [0.1, 0.15) is 17.2 Å². The molecule has 0 aliphatic heterocycles. The first-order chi connectivity index (χ1) is 15.7. The molecule has 170 valence electrons. The van der Waals surface area contributed by atoms with Crippen molar-refractivity contribution in [1.29, 1.82) is 0 Å². The number of fused-ring (bicyclic) bond motifs is 1. The van der Waals surface area contributed by atoms with E-state index in [1.54, 1.807) is 19.9 Å². The number of nitrogens with one attached hydrogen (secondary N) is 2. The summed E-state index contributed by atoms with van der Waals surface area (Å²) in [5.41, 5.74) is 3.55. The third-order valence-electron chi connectivity index (χ3n) is 5.10. The van der Waals surface area contributed by atoms with Gasteiger partial charge in [-0.1, -0.05) is 5.16 Å². The summed E-state index contributed by atoms with van der Waals surface area (Å²) in [6, 6.07) is 4.82. The molecule has 0 bridgehead atoms. The zero-order chi connectivity index (χ0) is 23.7. The number of non-ortho nitro benzene ring substituents is 1. The van der Waals surface area contributed by atoms with Gasteiger partial charge >= 0.3 is 5.69 Å². The van der Waals surface area contributed by atoms with Crippen LogP contribution in [0.2, 0.25) is 0 Å². The zero-order valence-corrected chi connectivity index (χ0v) is 17.6. The van der Waals surface area contributed by atoms with E-state index in [1.165, 1.54) is 6.07 Å². The number of hydrogen-bond donors (Lipinski definition) is 2. The van der Waals surface area contributed by atoms with Gasteiger partial charge in [0.25, 0.3) is 11.6 Å². The number of nitro groups is 2. The standard InChI is InChI=1S/C20H18N6O7/c1-10-8-17(24-33-10)21-20(27)19-11(2)18-14(4-3-5-16(18)32-19)23-22-13-7-6-12(25(28)29)9-15(13)26(30)31/h6-9,22H,3-5H2,1-2H3,(H,21,24,27)/b23-14+. The number of furan rings is 1. The molecule has 2 heterocycles. The summed E-state index contributed by atoms with van der Waals surface area (Å²) in [5, 5.41) is 32.9. The molecule has 1 amide bonds. The van der Waals surface area contributed by atoms with Crippen molar-refractivity contribution in [1.82, 2.24) is 5.16 Å². The van der Waals surface area contributed by atoms with Crippen LogP contribution in [0.15, 0.2) is 38.3 Å². The number of carbonyl (C=O) groups is 1. The Balaban J connectivity index is 1.63. The van der Waals surface area contributed by atoms with Crippen molar-refractivity contribution in [3.63, 3.8) is 0 Å². The lowest BCUT2D eigenvalue weighted by molar-refractivity contribution is -0.393. The van der Waals surface area contributed by atoms with Gasteiger partial charge in [0.05, 0.1) is 21.6 Å². The molecule has 0 unspecified atom stereocenters. The van der Waals surface area contributed by atoms with Crippen LogP contribution in [0.1, 0.15) is 46.0 Å². The summed E-state index contributed by atoms with van der Waals surface area (Å²) in [6.45, 7) is 3.42. The van der Waals surface area contributed by atoms with Crippen molar-refractivity contribution in [3.05, 3.63) is 72.9 Å². The third-order valence-corrected chi connectivity index (χ3v) is 5.10. The molecule has 4 rings (SSSR count). The van der Waals surface area contributed by atoms with Gasteiger partial charge < -0.3 is 14.3 Å². The van der Waals surface area contributed by atoms with Gasteiger partial charge in [0.15, 0.2) is 11.6 Å². The van der Waals surface area contributed by atoms with Crippen LogP contribution in [0.4, 0.5) is 22.9 Å². The van der Waals surface area contributed by atoms with Crippen LogP contribution in [0.5, 0.6) is 0 Å². The Kier molecular flexibility index (Phi) is 5.60. The smallest absolute Gasteiger partial charge is 0.301 e. The summed E-state index contributed by atoms with van der Waals surface area (Å²) >= 11 is 0. The van der Waals surface area contributed by atoms with E-state index in [9.17, 15) is 25.0 Å². The number of hydrazone groups is 1. The van der Waals surface area contributed by atoms with E-state index in [4.69, 9.17) is 8.94 Å². The third kappa shape index (κ3) is 4.28. The Morgan fingerprint density at radius 1 is 1.15 bits per heavy atom. The van der Waals surface area contributed by atoms with Gasteiger partial charge in [0.2, 0.25) is 0 Å². The first-order valence-corrected chi connectivity index (χ1v) is 9.87. The van der Waals surface area contributed by atoms with Gasteiger partial charge in [-0.05, 0) is 32.8 Å². The fraction of sp³-hybridized carbons (Fsp3) is 0.250.